The van der Waals surface area contributed by atoms with E-state index in [0.29, 0.717) is 24.8 Å². The molecule has 0 aliphatic carbocycles. The van der Waals surface area contributed by atoms with E-state index in [1.165, 1.54) is 25.3 Å². The molecule has 156 valence electrons. The van der Waals surface area contributed by atoms with Gasteiger partial charge in [-0.15, -0.1) is 0 Å². The van der Waals surface area contributed by atoms with Crippen molar-refractivity contribution in [1.82, 2.24) is 5.32 Å². The Kier molecular flexibility index (Phi) is 6.92. The van der Waals surface area contributed by atoms with Crippen molar-refractivity contribution in [2.24, 2.45) is 0 Å². The normalized spacial score (nSPS) is 15.8. The van der Waals surface area contributed by atoms with Crippen LogP contribution >= 0.6 is 11.6 Å². The lowest BCUT2D eigenvalue weighted by molar-refractivity contribution is -0.0512. The quantitative estimate of drug-likeness (QED) is 0.713. The van der Waals surface area contributed by atoms with E-state index in [1.54, 1.807) is 6.07 Å². The van der Waals surface area contributed by atoms with Crippen molar-refractivity contribution in [3.63, 3.8) is 0 Å². The number of alkyl halides is 2. The predicted octanol–water partition coefficient (Wildman–Crippen LogP) is 4.43. The van der Waals surface area contributed by atoms with Gasteiger partial charge in [-0.3, -0.25) is 4.79 Å². The molecular weight excluding hydrogens is 404 g/mol. The number of ether oxygens (including phenoxy) is 3. The highest BCUT2D eigenvalue weighted by atomic mass is 35.5. The Morgan fingerprint density at radius 3 is 2.62 bits per heavy atom. The molecule has 1 fully saturated rings. The molecule has 1 heterocycles. The first-order valence-electron chi connectivity index (χ1n) is 9.18. The lowest BCUT2D eigenvalue weighted by Crippen LogP contribution is -2.44. The first-order valence-corrected chi connectivity index (χ1v) is 9.56. The number of benzene rings is 2. The van der Waals surface area contributed by atoms with Crippen LogP contribution in [0.15, 0.2) is 42.5 Å². The minimum atomic E-state index is -3.02. The van der Waals surface area contributed by atoms with E-state index in [1.807, 2.05) is 18.2 Å². The molecule has 1 saturated heterocycles. The summed E-state index contributed by atoms with van der Waals surface area (Å²) in [7, 11) is 1.34. The average molecular weight is 426 g/mol. The number of carbonyl (C=O) groups excluding carboxylic acids is 1. The zero-order valence-corrected chi connectivity index (χ0v) is 16.7. The number of hydrogen-bond donors (Lipinski definition) is 1. The van der Waals surface area contributed by atoms with Crippen molar-refractivity contribution in [3.8, 4) is 11.5 Å². The number of halogens is 3. The molecule has 0 spiro atoms. The fourth-order valence-electron chi connectivity index (χ4n) is 3.51. The van der Waals surface area contributed by atoms with Crippen molar-refractivity contribution in [1.29, 1.82) is 0 Å². The Bertz CT molecular complexity index is 856. The van der Waals surface area contributed by atoms with E-state index in [-0.39, 0.29) is 28.4 Å². The standard InChI is InChI=1S/C21H22ClF2NO4/c1-27-17-6-5-14(11-18(17)29-20(23)24)19(26)25-13-21(7-9-28-10-8-21)15-3-2-4-16(22)12-15/h2-6,11-12,20H,7-10,13H2,1H3,(H,25,26). The number of nitrogens with one attached hydrogen (secondary N) is 1. The lowest BCUT2D eigenvalue weighted by atomic mass is 9.74. The van der Waals surface area contributed by atoms with E-state index in [0.717, 1.165) is 18.4 Å². The summed E-state index contributed by atoms with van der Waals surface area (Å²) < 4.78 is 40.2. The summed E-state index contributed by atoms with van der Waals surface area (Å²) in [5.74, 6) is -0.452. The first kappa shape index (κ1) is 21.3. The molecule has 29 heavy (non-hydrogen) atoms. The van der Waals surface area contributed by atoms with Gasteiger partial charge in [-0.1, -0.05) is 23.7 Å². The van der Waals surface area contributed by atoms with Crippen molar-refractivity contribution >= 4 is 17.5 Å². The summed E-state index contributed by atoms with van der Waals surface area (Å²) in [6.07, 6.45) is 1.46. The van der Waals surface area contributed by atoms with Crippen LogP contribution in [0, 0.1) is 0 Å². The molecule has 2 aromatic rings. The minimum absolute atomic E-state index is 0.127. The van der Waals surface area contributed by atoms with Crippen molar-refractivity contribution < 1.29 is 27.8 Å². The Morgan fingerprint density at radius 2 is 1.97 bits per heavy atom. The van der Waals surface area contributed by atoms with Gasteiger partial charge in [0.15, 0.2) is 11.5 Å². The van der Waals surface area contributed by atoms with Gasteiger partial charge in [-0.2, -0.15) is 8.78 Å². The Morgan fingerprint density at radius 1 is 1.21 bits per heavy atom. The van der Waals surface area contributed by atoms with Crippen molar-refractivity contribution in [2.75, 3.05) is 26.9 Å². The molecule has 1 aliphatic rings. The molecule has 1 N–H and O–H groups in total. The number of carbonyl (C=O) groups is 1. The molecule has 0 aromatic heterocycles. The molecule has 1 aliphatic heterocycles. The van der Waals surface area contributed by atoms with Gasteiger partial charge in [-0.05, 0) is 48.7 Å². The lowest BCUT2D eigenvalue weighted by Gasteiger charge is -2.38. The monoisotopic (exact) mass is 425 g/mol. The number of hydrogen-bond acceptors (Lipinski definition) is 4. The van der Waals surface area contributed by atoms with Gasteiger partial charge >= 0.3 is 6.61 Å². The molecule has 3 rings (SSSR count). The highest BCUT2D eigenvalue weighted by molar-refractivity contribution is 6.30. The van der Waals surface area contributed by atoms with Crippen LogP contribution in [0.25, 0.3) is 0 Å². The fourth-order valence-corrected chi connectivity index (χ4v) is 3.70. The summed E-state index contributed by atoms with van der Waals surface area (Å²) >= 11 is 6.17. The third-order valence-electron chi connectivity index (χ3n) is 5.12. The zero-order valence-electron chi connectivity index (χ0n) is 15.9. The summed E-state index contributed by atoms with van der Waals surface area (Å²) in [6.45, 7) is -1.49. The van der Waals surface area contributed by atoms with E-state index < -0.39 is 6.61 Å². The molecule has 0 radical (unpaired) electrons. The Balaban J connectivity index is 1.78. The molecular formula is C21H22ClF2NO4. The molecule has 0 bridgehead atoms. The molecule has 5 nitrogen and oxygen atoms in total. The molecule has 8 heteroatoms. The Hall–Kier alpha value is -2.38. The van der Waals surface area contributed by atoms with Crippen LogP contribution in [-0.2, 0) is 10.2 Å². The largest absolute Gasteiger partial charge is 0.493 e. The maximum Gasteiger partial charge on any atom is 0.387 e. The van der Waals surface area contributed by atoms with E-state index in [9.17, 15) is 13.6 Å². The molecule has 1 amide bonds. The molecule has 0 atom stereocenters. The van der Waals surface area contributed by atoms with Gasteiger partial charge < -0.3 is 19.5 Å². The maximum atomic E-state index is 12.7. The van der Waals surface area contributed by atoms with Gasteiger partial charge in [0, 0.05) is 35.8 Å². The van der Waals surface area contributed by atoms with Crippen LogP contribution in [0.1, 0.15) is 28.8 Å². The minimum Gasteiger partial charge on any atom is -0.493 e. The second-order valence-corrected chi connectivity index (χ2v) is 7.27. The number of rotatable bonds is 7. The number of amides is 1. The first-order chi connectivity index (χ1) is 13.9. The van der Waals surface area contributed by atoms with Crippen LogP contribution in [0.3, 0.4) is 0 Å². The second-order valence-electron chi connectivity index (χ2n) is 6.83. The van der Waals surface area contributed by atoms with Crippen LogP contribution in [0.4, 0.5) is 8.78 Å². The summed E-state index contributed by atoms with van der Waals surface area (Å²) in [5.41, 5.74) is 0.924. The fraction of sp³-hybridized carbons (Fsp3) is 0.381. The van der Waals surface area contributed by atoms with Gasteiger partial charge in [0.1, 0.15) is 0 Å². The van der Waals surface area contributed by atoms with Gasteiger partial charge in [0.2, 0.25) is 0 Å². The summed E-state index contributed by atoms with van der Waals surface area (Å²) in [4.78, 5) is 12.7. The smallest absolute Gasteiger partial charge is 0.387 e. The van der Waals surface area contributed by atoms with E-state index in [4.69, 9.17) is 21.1 Å². The topological polar surface area (TPSA) is 56.8 Å². The summed E-state index contributed by atoms with van der Waals surface area (Å²) in [5, 5.41) is 3.55. The third kappa shape index (κ3) is 5.16. The zero-order chi connectivity index (χ0) is 20.9. The van der Waals surface area contributed by atoms with Crippen molar-refractivity contribution in [2.45, 2.75) is 24.9 Å². The average Bonchev–Trinajstić information content (AvgIpc) is 2.72. The van der Waals surface area contributed by atoms with Gasteiger partial charge in [-0.25, -0.2) is 0 Å². The Labute approximate surface area is 172 Å². The highest BCUT2D eigenvalue weighted by Gasteiger charge is 2.35. The third-order valence-corrected chi connectivity index (χ3v) is 5.35. The van der Waals surface area contributed by atoms with Gasteiger partial charge in [0.25, 0.3) is 5.91 Å². The second kappa shape index (κ2) is 9.41. The van der Waals surface area contributed by atoms with Crippen LogP contribution < -0.4 is 14.8 Å². The predicted molar refractivity (Wildman–Crippen MR) is 105 cm³/mol. The van der Waals surface area contributed by atoms with Crippen LogP contribution in [0.5, 0.6) is 11.5 Å². The number of methoxy groups -OCH3 is 1. The van der Waals surface area contributed by atoms with Crippen LogP contribution in [-0.4, -0.2) is 39.4 Å². The SMILES string of the molecule is COc1ccc(C(=O)NCC2(c3cccc(Cl)c3)CCOCC2)cc1OC(F)F. The van der Waals surface area contributed by atoms with E-state index in [2.05, 4.69) is 10.1 Å². The van der Waals surface area contributed by atoms with Crippen LogP contribution in [0.2, 0.25) is 5.02 Å². The summed E-state index contributed by atoms with van der Waals surface area (Å²) in [6, 6.07) is 11.8. The van der Waals surface area contributed by atoms with Gasteiger partial charge in [0.05, 0.1) is 7.11 Å². The maximum absolute atomic E-state index is 12.7. The van der Waals surface area contributed by atoms with E-state index >= 15 is 0 Å². The molecule has 2 aromatic carbocycles. The highest BCUT2D eigenvalue weighted by Crippen LogP contribution is 2.36. The molecule has 0 saturated carbocycles. The van der Waals surface area contributed by atoms with Crippen molar-refractivity contribution in [3.05, 3.63) is 58.6 Å². The molecule has 0 unspecified atom stereocenters.